The average Bonchev–Trinajstić information content (AvgIpc) is 2.43. The van der Waals surface area contributed by atoms with Crippen LogP contribution in [0.3, 0.4) is 0 Å². The van der Waals surface area contributed by atoms with Crippen molar-refractivity contribution in [3.63, 3.8) is 0 Å². The van der Waals surface area contributed by atoms with Gasteiger partial charge >= 0.3 is 29.8 Å². The van der Waals surface area contributed by atoms with Gasteiger partial charge in [0.25, 0.3) is 0 Å². The van der Waals surface area contributed by atoms with Crippen LogP contribution in [0, 0.1) is 0 Å². The molecular weight excluding hydrogens is 358 g/mol. The number of rotatable bonds is 14. The molecule has 0 fully saturated rings. The molecule has 0 saturated carbocycles. The minimum Gasteiger partial charge on any atom is -0.480 e. The van der Waals surface area contributed by atoms with Crippen LogP contribution in [0.4, 0.5) is 0 Å². The highest BCUT2D eigenvalue weighted by Crippen LogP contribution is 2.10. The first-order chi connectivity index (χ1) is 11.9. The highest BCUT2D eigenvalue weighted by molar-refractivity contribution is 5.74. The third-order valence-electron chi connectivity index (χ3n) is 3.24. The van der Waals surface area contributed by atoms with Crippen LogP contribution in [0.2, 0.25) is 0 Å². The van der Waals surface area contributed by atoms with Crippen molar-refractivity contribution in [2.24, 2.45) is 0 Å². The molecule has 0 spiro atoms. The molecule has 13 heteroatoms. The zero-order chi connectivity index (χ0) is 20.4. The van der Waals surface area contributed by atoms with E-state index in [0.717, 1.165) is 9.80 Å². The van der Waals surface area contributed by atoms with E-state index >= 15 is 0 Å². The van der Waals surface area contributed by atoms with Crippen LogP contribution >= 0.6 is 0 Å². The summed E-state index contributed by atoms with van der Waals surface area (Å²) in [5, 5.41) is 47.0. The number of carboxylic acid groups (broad SMARTS) is 5. The molecule has 0 aromatic heterocycles. The summed E-state index contributed by atoms with van der Waals surface area (Å²) >= 11 is 0. The first-order valence-corrected chi connectivity index (χ1v) is 7.24. The van der Waals surface area contributed by atoms with Gasteiger partial charge < -0.3 is 25.5 Å². The van der Waals surface area contributed by atoms with E-state index in [2.05, 4.69) is 5.32 Å². The quantitative estimate of drug-likeness (QED) is 0.170. The number of hydrogen-bond donors (Lipinski definition) is 6. The number of carboxylic acids is 5. The van der Waals surface area contributed by atoms with Gasteiger partial charge in [-0.05, 0) is 6.92 Å². The van der Waals surface area contributed by atoms with E-state index in [4.69, 9.17) is 25.5 Å². The molecule has 0 radical (unpaired) electrons. The van der Waals surface area contributed by atoms with Crippen LogP contribution in [-0.2, 0) is 24.0 Å². The van der Waals surface area contributed by atoms with Crippen molar-refractivity contribution in [1.82, 2.24) is 15.1 Å². The molecule has 0 bridgehead atoms. The summed E-state index contributed by atoms with van der Waals surface area (Å²) in [7, 11) is 0. The molecule has 2 unspecified atom stereocenters. The Morgan fingerprint density at radius 1 is 0.692 bits per heavy atom. The lowest BCUT2D eigenvalue weighted by molar-refractivity contribution is -0.149. The van der Waals surface area contributed by atoms with E-state index in [9.17, 15) is 24.0 Å². The lowest BCUT2D eigenvalue weighted by Gasteiger charge is -2.38. The Hall–Kier alpha value is -2.77. The number of nitrogens with one attached hydrogen (secondary N) is 1. The molecular formula is C13H21N3O10. The summed E-state index contributed by atoms with van der Waals surface area (Å²) in [5.74, 6) is -6.85. The van der Waals surface area contributed by atoms with Crippen LogP contribution in [0.25, 0.3) is 0 Å². The van der Waals surface area contributed by atoms with Crippen LogP contribution in [0.15, 0.2) is 0 Å². The van der Waals surface area contributed by atoms with Gasteiger partial charge in [-0.3, -0.25) is 39.1 Å². The first kappa shape index (κ1) is 23.2. The molecule has 26 heavy (non-hydrogen) atoms. The maximum atomic E-state index is 11.0. The minimum absolute atomic E-state index is 0.682. The number of hydrogen-bond acceptors (Lipinski definition) is 8. The van der Waals surface area contributed by atoms with Crippen LogP contribution in [0.1, 0.15) is 6.92 Å². The van der Waals surface area contributed by atoms with Gasteiger partial charge in [0.05, 0.1) is 38.9 Å². The van der Waals surface area contributed by atoms with Gasteiger partial charge in [0.15, 0.2) is 0 Å². The van der Waals surface area contributed by atoms with Crippen LogP contribution in [0.5, 0.6) is 0 Å². The summed E-state index contributed by atoms with van der Waals surface area (Å²) in [4.78, 5) is 56.5. The monoisotopic (exact) mass is 379 g/mol. The van der Waals surface area contributed by atoms with E-state index in [1.54, 1.807) is 0 Å². The molecule has 148 valence electrons. The van der Waals surface area contributed by atoms with E-state index < -0.39 is 74.8 Å². The minimum atomic E-state index is -1.40. The van der Waals surface area contributed by atoms with Crippen molar-refractivity contribution in [2.45, 2.75) is 19.1 Å². The molecule has 0 aliphatic carbocycles. The predicted octanol–water partition coefficient (Wildman–Crippen LogP) is -2.68. The Balaban J connectivity index is 5.69. The largest absolute Gasteiger partial charge is 0.480 e. The Labute approximate surface area is 147 Å². The fourth-order valence-corrected chi connectivity index (χ4v) is 2.29. The van der Waals surface area contributed by atoms with E-state index in [1.165, 1.54) is 6.92 Å². The Morgan fingerprint density at radius 2 is 1.04 bits per heavy atom. The topological polar surface area (TPSA) is 205 Å². The zero-order valence-electron chi connectivity index (χ0n) is 13.9. The first-order valence-electron chi connectivity index (χ1n) is 7.24. The number of carbonyl (C=O) groups is 5. The SMILES string of the molecule is CC(C(NCC(=O)O)N(CC(=O)O)CC(=O)O)N(CC(=O)O)CC(=O)O. The second-order valence-corrected chi connectivity index (χ2v) is 5.35. The summed E-state index contributed by atoms with van der Waals surface area (Å²) in [5.41, 5.74) is 0. The van der Waals surface area contributed by atoms with Crippen molar-refractivity contribution in [2.75, 3.05) is 32.7 Å². The van der Waals surface area contributed by atoms with E-state index in [-0.39, 0.29) is 0 Å². The molecule has 13 nitrogen and oxygen atoms in total. The van der Waals surface area contributed by atoms with Gasteiger partial charge in [0.1, 0.15) is 0 Å². The van der Waals surface area contributed by atoms with Gasteiger partial charge in [-0.1, -0.05) is 0 Å². The van der Waals surface area contributed by atoms with Gasteiger partial charge in [-0.25, -0.2) is 0 Å². The number of nitrogens with zero attached hydrogens (tertiary/aromatic N) is 2. The lowest BCUT2D eigenvalue weighted by atomic mass is 10.1. The second-order valence-electron chi connectivity index (χ2n) is 5.35. The van der Waals surface area contributed by atoms with Crippen molar-refractivity contribution in [3.05, 3.63) is 0 Å². The highest BCUT2D eigenvalue weighted by Gasteiger charge is 2.33. The molecule has 0 heterocycles. The van der Waals surface area contributed by atoms with Gasteiger partial charge in [-0.15, -0.1) is 0 Å². The van der Waals surface area contributed by atoms with Gasteiger partial charge in [0, 0.05) is 6.04 Å². The highest BCUT2D eigenvalue weighted by atomic mass is 16.4. The molecule has 0 saturated heterocycles. The van der Waals surface area contributed by atoms with E-state index in [0.29, 0.717) is 0 Å². The fourth-order valence-electron chi connectivity index (χ4n) is 2.29. The third kappa shape index (κ3) is 9.51. The summed E-state index contributed by atoms with van der Waals surface area (Å²) in [6.07, 6.45) is -1.25. The molecule has 0 aliphatic rings. The average molecular weight is 379 g/mol. The Kier molecular flexibility index (Phi) is 9.80. The predicted molar refractivity (Wildman–Crippen MR) is 82.6 cm³/mol. The van der Waals surface area contributed by atoms with Crippen molar-refractivity contribution < 1.29 is 49.5 Å². The molecule has 2 atom stereocenters. The second kappa shape index (κ2) is 11.0. The van der Waals surface area contributed by atoms with Gasteiger partial charge in [0.2, 0.25) is 0 Å². The molecule has 0 aromatic carbocycles. The third-order valence-corrected chi connectivity index (χ3v) is 3.24. The van der Waals surface area contributed by atoms with Crippen molar-refractivity contribution in [3.8, 4) is 0 Å². The molecule has 0 rings (SSSR count). The maximum absolute atomic E-state index is 11.0. The lowest BCUT2D eigenvalue weighted by Crippen LogP contribution is -2.61. The smallest absolute Gasteiger partial charge is 0.317 e. The molecule has 6 N–H and O–H groups in total. The summed E-state index contributed by atoms with van der Waals surface area (Å²) < 4.78 is 0. The standard InChI is InChI=1S/C13H21N3O10/c1-7(15(3-9(19)20)4-10(21)22)13(14-2-8(17)18)16(5-11(23)24)6-12(25)26/h7,13-14H,2-6H2,1H3,(H,17,18)(H,19,20)(H,21,22)(H,23,24)(H,25,26). The van der Waals surface area contributed by atoms with E-state index in [1.807, 2.05) is 0 Å². The van der Waals surface area contributed by atoms with Crippen LogP contribution in [-0.4, -0.2) is 110 Å². The Bertz CT molecular complexity index is 520. The molecule has 0 aromatic rings. The zero-order valence-corrected chi connectivity index (χ0v) is 13.9. The van der Waals surface area contributed by atoms with Crippen molar-refractivity contribution >= 4 is 29.8 Å². The summed E-state index contributed by atoms with van der Waals surface area (Å²) in [6.45, 7) is -2.38. The van der Waals surface area contributed by atoms with Crippen molar-refractivity contribution in [1.29, 1.82) is 0 Å². The number of aliphatic carboxylic acids is 5. The molecule has 0 amide bonds. The normalized spacial score (nSPS) is 13.3. The summed E-state index contributed by atoms with van der Waals surface area (Å²) in [6, 6.07) is -1.04. The fraction of sp³-hybridized carbons (Fsp3) is 0.615. The maximum Gasteiger partial charge on any atom is 0.317 e. The van der Waals surface area contributed by atoms with Gasteiger partial charge in [-0.2, -0.15) is 0 Å². The Morgan fingerprint density at radius 3 is 1.35 bits per heavy atom. The molecule has 0 aliphatic heterocycles. The van der Waals surface area contributed by atoms with Crippen LogP contribution < -0.4 is 5.32 Å².